The number of allylic oxidation sites excluding steroid dienone is 2. The largest absolute Gasteiger partial charge is 0.478 e. The Kier molecular flexibility index (Phi) is 11.6. The highest BCUT2D eigenvalue weighted by Crippen LogP contribution is 2.74. The Labute approximate surface area is 325 Å². The van der Waals surface area contributed by atoms with Crippen molar-refractivity contribution in [3.05, 3.63) is 94.1 Å². The average Bonchev–Trinajstić information content (AvgIpc) is 3.41. The molecular formula is C46H58O9. The van der Waals surface area contributed by atoms with Crippen molar-refractivity contribution >= 4 is 23.9 Å². The van der Waals surface area contributed by atoms with Crippen LogP contribution in [0.4, 0.5) is 0 Å². The summed E-state index contributed by atoms with van der Waals surface area (Å²) in [6.07, 6.45) is 5.44. The molecule has 10 atom stereocenters. The van der Waals surface area contributed by atoms with Gasteiger partial charge in [-0.05, 0) is 128 Å². The molecule has 3 unspecified atom stereocenters. The lowest BCUT2D eigenvalue weighted by molar-refractivity contribution is -0.234. The van der Waals surface area contributed by atoms with E-state index in [1.54, 1.807) is 12.1 Å². The number of fused-ring (bicyclic) bond motifs is 5. The van der Waals surface area contributed by atoms with Gasteiger partial charge in [-0.1, -0.05) is 81.8 Å². The third kappa shape index (κ3) is 7.41. The first-order valence-electron chi connectivity index (χ1n) is 20.0. The van der Waals surface area contributed by atoms with Crippen molar-refractivity contribution in [3.63, 3.8) is 0 Å². The fourth-order valence-electron chi connectivity index (χ4n) is 11.8. The lowest BCUT2D eigenvalue weighted by atomic mass is 9.36. The molecule has 0 saturated heterocycles. The van der Waals surface area contributed by atoms with Crippen molar-refractivity contribution in [2.45, 2.75) is 125 Å². The minimum absolute atomic E-state index is 0.0177. The Morgan fingerprint density at radius 3 is 2.20 bits per heavy atom. The van der Waals surface area contributed by atoms with Gasteiger partial charge in [0.15, 0.2) is 0 Å². The van der Waals surface area contributed by atoms with Crippen LogP contribution in [0.15, 0.2) is 77.4 Å². The molecule has 2 N–H and O–H groups in total. The van der Waals surface area contributed by atoms with Crippen molar-refractivity contribution in [2.24, 2.45) is 39.9 Å². The third-order valence-electron chi connectivity index (χ3n) is 14.4. The van der Waals surface area contributed by atoms with Gasteiger partial charge in [0.05, 0.1) is 17.2 Å². The molecule has 4 fully saturated rings. The van der Waals surface area contributed by atoms with Gasteiger partial charge in [-0.25, -0.2) is 14.4 Å². The van der Waals surface area contributed by atoms with Crippen LogP contribution in [0.2, 0.25) is 0 Å². The van der Waals surface area contributed by atoms with Crippen LogP contribution < -0.4 is 0 Å². The molecule has 0 spiro atoms. The Morgan fingerprint density at radius 1 is 0.873 bits per heavy atom. The zero-order chi connectivity index (χ0) is 39.9. The van der Waals surface area contributed by atoms with E-state index in [2.05, 4.69) is 33.8 Å². The van der Waals surface area contributed by atoms with Crippen LogP contribution in [0.1, 0.15) is 126 Å². The predicted molar refractivity (Wildman–Crippen MR) is 208 cm³/mol. The second kappa shape index (κ2) is 15.7. The molecule has 2 aromatic carbocycles. The number of carbonyl (C=O) groups is 4. The van der Waals surface area contributed by atoms with Crippen LogP contribution in [-0.4, -0.2) is 52.4 Å². The highest BCUT2D eigenvalue weighted by atomic mass is 16.6. The van der Waals surface area contributed by atoms with E-state index in [0.717, 1.165) is 36.0 Å². The van der Waals surface area contributed by atoms with Crippen molar-refractivity contribution in [1.29, 1.82) is 0 Å². The number of aliphatic hydroxyl groups is 1. The summed E-state index contributed by atoms with van der Waals surface area (Å²) in [6, 6.07) is 15.7. The topological polar surface area (TPSA) is 136 Å². The van der Waals surface area contributed by atoms with Crippen LogP contribution in [0.25, 0.3) is 0 Å². The van der Waals surface area contributed by atoms with Gasteiger partial charge >= 0.3 is 23.9 Å². The summed E-state index contributed by atoms with van der Waals surface area (Å²) in [5, 5.41) is 22.2. The minimum Gasteiger partial charge on any atom is -0.478 e. The van der Waals surface area contributed by atoms with Gasteiger partial charge < -0.3 is 24.4 Å². The first-order chi connectivity index (χ1) is 26.0. The number of hydrogen-bond acceptors (Lipinski definition) is 8. The summed E-state index contributed by atoms with van der Waals surface area (Å²) >= 11 is 0. The zero-order valence-corrected chi connectivity index (χ0v) is 33.4. The van der Waals surface area contributed by atoms with Gasteiger partial charge in [0.2, 0.25) is 0 Å². The minimum atomic E-state index is -1.17. The second-order valence-corrected chi connectivity index (χ2v) is 17.6. The molecule has 4 saturated carbocycles. The summed E-state index contributed by atoms with van der Waals surface area (Å²) in [5.41, 5.74) is 2.28. The van der Waals surface area contributed by atoms with Gasteiger partial charge in [-0.15, -0.1) is 0 Å². The number of esters is 3. The fraction of sp³-hybridized carbons (Fsp3) is 0.565. The third-order valence-corrected chi connectivity index (χ3v) is 14.4. The summed E-state index contributed by atoms with van der Waals surface area (Å²) in [5.74, 6) is -2.79. The summed E-state index contributed by atoms with van der Waals surface area (Å²) in [6.45, 7) is 14.6. The lowest BCUT2D eigenvalue weighted by Crippen LogP contribution is -2.65. The molecule has 55 heavy (non-hydrogen) atoms. The van der Waals surface area contributed by atoms with Gasteiger partial charge in [-0.3, -0.25) is 4.79 Å². The molecule has 4 aliphatic rings. The molecule has 296 valence electrons. The van der Waals surface area contributed by atoms with E-state index in [4.69, 9.17) is 14.2 Å². The number of aliphatic hydroxyl groups excluding tert-OH is 1. The number of carboxylic acid groups (broad SMARTS) is 1. The smallest absolute Gasteiger partial charge is 0.339 e. The molecule has 9 heteroatoms. The van der Waals surface area contributed by atoms with E-state index in [1.165, 1.54) is 19.1 Å². The Bertz CT molecular complexity index is 1860. The van der Waals surface area contributed by atoms with Gasteiger partial charge in [-0.2, -0.15) is 0 Å². The molecule has 0 aliphatic heterocycles. The van der Waals surface area contributed by atoms with Crippen LogP contribution in [0.3, 0.4) is 0 Å². The van der Waals surface area contributed by atoms with Crippen LogP contribution in [-0.2, 0) is 30.4 Å². The van der Waals surface area contributed by atoms with E-state index < -0.39 is 41.5 Å². The number of ether oxygens (including phenoxy) is 3. The molecule has 0 aromatic heterocycles. The SMILES string of the molecule is CC(=O)O[C@H]1C[C@@]2(C)C(C[C@@H](O)C3[C@@]4(C)CC[C@@H](OC(=O)c5ccccc5C(=O)O)[C@@H](C)C4CC[C@@]32C)/C1=C(\CCC=C(C)C)C(=O)OCc1ccccc1. The van der Waals surface area contributed by atoms with Crippen LogP contribution in [0.5, 0.6) is 0 Å². The number of carbonyl (C=O) groups excluding carboxylic acids is 3. The normalized spacial score (nSPS) is 34.6. The molecule has 2 aromatic rings. The van der Waals surface area contributed by atoms with E-state index in [0.29, 0.717) is 37.7 Å². The Hall–Kier alpha value is -4.24. The summed E-state index contributed by atoms with van der Waals surface area (Å²) in [4.78, 5) is 52.1. The lowest BCUT2D eigenvalue weighted by Gasteiger charge is -2.69. The first kappa shape index (κ1) is 40.4. The van der Waals surface area contributed by atoms with Crippen molar-refractivity contribution < 1.29 is 43.6 Å². The van der Waals surface area contributed by atoms with E-state index in [9.17, 15) is 29.4 Å². The first-order valence-corrected chi connectivity index (χ1v) is 20.0. The zero-order valence-electron chi connectivity index (χ0n) is 33.4. The van der Waals surface area contributed by atoms with E-state index >= 15 is 0 Å². The van der Waals surface area contributed by atoms with E-state index in [1.807, 2.05) is 44.2 Å². The van der Waals surface area contributed by atoms with Gasteiger partial charge in [0, 0.05) is 12.5 Å². The molecule has 0 radical (unpaired) electrons. The fourth-order valence-corrected chi connectivity index (χ4v) is 11.8. The molecule has 0 bridgehead atoms. The summed E-state index contributed by atoms with van der Waals surface area (Å²) in [7, 11) is 0. The second-order valence-electron chi connectivity index (χ2n) is 17.6. The Morgan fingerprint density at radius 2 is 1.55 bits per heavy atom. The highest BCUT2D eigenvalue weighted by molar-refractivity contribution is 6.02. The molecule has 6 rings (SSSR count). The maximum Gasteiger partial charge on any atom is 0.339 e. The number of rotatable bonds is 10. The number of hydrogen-bond donors (Lipinski definition) is 2. The number of carboxylic acids is 1. The molecule has 0 amide bonds. The molecule has 4 aliphatic carbocycles. The number of aromatic carboxylic acids is 1. The highest BCUT2D eigenvalue weighted by Gasteiger charge is 2.71. The number of benzene rings is 2. The van der Waals surface area contributed by atoms with Crippen LogP contribution in [0, 0.1) is 39.9 Å². The standard InChI is InChI=1S/C46H58O9/c1-27(2)14-13-19-33(42(51)53-26-30-15-9-8-10-16-30)39-35-24-36(48)40-44(5)22-21-37(55-43(52)32-18-12-11-17-31(32)41(49)50)28(3)34(44)20-23-45(40,6)46(35,7)25-38(39)54-29(4)47/h8-12,14-18,28,34-38,40,48H,13,19-26H2,1-7H3,(H,49,50)/b39-33-/t28-,34?,35?,36+,37+,38-,40?,44-,45-,46-/m0/s1. The summed E-state index contributed by atoms with van der Waals surface area (Å²) < 4.78 is 18.2. The monoisotopic (exact) mass is 754 g/mol. The maximum atomic E-state index is 14.2. The predicted octanol–water partition coefficient (Wildman–Crippen LogP) is 8.89. The van der Waals surface area contributed by atoms with Crippen molar-refractivity contribution in [2.75, 3.05) is 0 Å². The molecule has 9 nitrogen and oxygen atoms in total. The quantitative estimate of drug-likeness (QED) is 0.105. The van der Waals surface area contributed by atoms with Gasteiger partial charge in [0.25, 0.3) is 0 Å². The van der Waals surface area contributed by atoms with Crippen molar-refractivity contribution in [3.8, 4) is 0 Å². The van der Waals surface area contributed by atoms with Crippen LogP contribution >= 0.6 is 0 Å². The Balaban J connectivity index is 1.33. The van der Waals surface area contributed by atoms with E-state index in [-0.39, 0.29) is 58.3 Å². The molecular weight excluding hydrogens is 696 g/mol. The maximum absolute atomic E-state index is 14.2. The average molecular weight is 755 g/mol. The molecule has 0 heterocycles. The van der Waals surface area contributed by atoms with Gasteiger partial charge in [0.1, 0.15) is 18.8 Å². The van der Waals surface area contributed by atoms with Crippen molar-refractivity contribution in [1.82, 2.24) is 0 Å².